The van der Waals surface area contributed by atoms with E-state index < -0.39 is 0 Å². The van der Waals surface area contributed by atoms with Crippen LogP contribution in [0.5, 0.6) is 0 Å². The molecule has 0 rings (SSSR count). The molecule has 0 aromatic heterocycles. The number of hydrogen-bond acceptors (Lipinski definition) is 0. The normalized spacial score (nSPS) is 0. The minimum Gasteiger partial charge on any atom is -0.412 e. The first-order chi connectivity index (χ1) is 0. The molecule has 0 aromatic carbocycles. The molecule has 0 spiro atoms. The van der Waals surface area contributed by atoms with Crippen molar-refractivity contribution in [3.63, 3.8) is 0 Å². The third-order valence-electron chi connectivity index (χ3n) is 0. The van der Waals surface area contributed by atoms with Crippen molar-refractivity contribution in [1.82, 2.24) is 0 Å². The standard InChI is InChI=1S/4CH3.2H2O.2Rh/h4*1H3;2*1H2;;/q4*-1;;;2*+2. The second-order valence-electron chi connectivity index (χ2n) is 0. The van der Waals surface area contributed by atoms with Gasteiger partial charge in [0.15, 0.2) is 0 Å². The molecule has 0 fully saturated rings. The second kappa shape index (κ2) is 308. The van der Waals surface area contributed by atoms with Crippen LogP contribution in [0.3, 0.4) is 0 Å². The van der Waals surface area contributed by atoms with Crippen LogP contribution < -0.4 is 0 Å². The molecule has 0 aliphatic rings. The number of hydrogen-bond donors (Lipinski definition) is 0. The van der Waals surface area contributed by atoms with Crippen LogP contribution >= 0.6 is 0 Å². The van der Waals surface area contributed by atoms with Gasteiger partial charge in [-0.1, -0.05) is 0 Å². The first-order valence-corrected chi connectivity index (χ1v) is 0. The molecule has 0 saturated carbocycles. The summed E-state index contributed by atoms with van der Waals surface area (Å²) in [7, 11) is 0. The maximum atomic E-state index is 0. The van der Waals surface area contributed by atoms with E-state index in [2.05, 4.69) is 0 Å². The van der Waals surface area contributed by atoms with Crippen LogP contribution in [0.2, 0.25) is 0 Å². The minimum absolute atomic E-state index is 0. The van der Waals surface area contributed by atoms with E-state index in [4.69, 9.17) is 0 Å². The molecule has 8 heavy (non-hydrogen) atoms. The summed E-state index contributed by atoms with van der Waals surface area (Å²) in [6.45, 7) is 0. The van der Waals surface area contributed by atoms with Gasteiger partial charge in [-0.25, -0.2) is 0 Å². The van der Waals surface area contributed by atoms with Gasteiger partial charge in [0.05, 0.1) is 0 Å². The third kappa shape index (κ3) is 200. The fourth-order valence-corrected chi connectivity index (χ4v) is 0. The smallest absolute Gasteiger partial charge is 0.412 e. The Morgan fingerprint density at radius 1 is 0.375 bits per heavy atom. The van der Waals surface area contributed by atoms with E-state index in [9.17, 15) is 0 Å². The summed E-state index contributed by atoms with van der Waals surface area (Å²) in [4.78, 5) is 0. The summed E-state index contributed by atoms with van der Waals surface area (Å²) in [5.41, 5.74) is 0. The zero-order valence-corrected chi connectivity index (χ0v) is 8.94. The summed E-state index contributed by atoms with van der Waals surface area (Å²) in [5.74, 6) is 0. The Labute approximate surface area is 79.6 Å². The third-order valence-corrected chi connectivity index (χ3v) is 0. The van der Waals surface area contributed by atoms with Crippen LogP contribution in [-0.4, -0.2) is 11.0 Å². The van der Waals surface area contributed by atoms with Gasteiger partial charge in [0.1, 0.15) is 0 Å². The molecule has 0 unspecified atom stereocenters. The van der Waals surface area contributed by atoms with Gasteiger partial charge in [0, 0.05) is 0 Å². The van der Waals surface area contributed by atoms with Crippen LogP contribution in [0.4, 0.5) is 0 Å². The zero-order valence-electron chi connectivity index (χ0n) is 5.67. The van der Waals surface area contributed by atoms with Crippen molar-refractivity contribution in [2.45, 2.75) is 0 Å². The molecule has 0 heterocycles. The molecular weight excluding hydrogens is 286 g/mol. The topological polar surface area (TPSA) is 63.0 Å². The molecule has 0 amide bonds. The average Bonchev–Trinajstić information content (AvgIpc) is 0. The van der Waals surface area contributed by atoms with Crippen molar-refractivity contribution in [1.29, 1.82) is 0 Å². The molecule has 0 aliphatic carbocycles. The molecule has 0 saturated heterocycles. The zero-order chi connectivity index (χ0) is 0. The molecule has 0 aromatic rings. The first-order valence-electron chi connectivity index (χ1n) is 0. The van der Waals surface area contributed by atoms with Gasteiger partial charge in [-0.3, -0.25) is 0 Å². The maximum Gasteiger partial charge on any atom is 2.00 e. The van der Waals surface area contributed by atoms with Crippen LogP contribution in [0.25, 0.3) is 0 Å². The van der Waals surface area contributed by atoms with Crippen molar-refractivity contribution in [2.75, 3.05) is 0 Å². The largest absolute Gasteiger partial charge is 2.00 e. The summed E-state index contributed by atoms with van der Waals surface area (Å²) in [6, 6.07) is 0. The van der Waals surface area contributed by atoms with Gasteiger partial charge in [0.2, 0.25) is 0 Å². The molecule has 0 aliphatic heterocycles. The van der Waals surface area contributed by atoms with Gasteiger partial charge in [0.25, 0.3) is 0 Å². The molecule has 0 bridgehead atoms. The molecule has 2 radical (unpaired) electrons. The van der Waals surface area contributed by atoms with Crippen LogP contribution in [0, 0.1) is 29.7 Å². The SMILES string of the molecule is O.O.[CH3-].[CH3-].[CH3-].[CH3-].[Rh+2].[Rh+2]. The Hall–Kier alpha value is 1.17. The molecule has 4 N–H and O–H groups in total. The minimum atomic E-state index is 0. The molecule has 2 nitrogen and oxygen atoms in total. The first kappa shape index (κ1) is 449. The summed E-state index contributed by atoms with van der Waals surface area (Å²) in [6.07, 6.45) is 0. The fourth-order valence-electron chi connectivity index (χ4n) is 0. The Morgan fingerprint density at radius 3 is 0.375 bits per heavy atom. The second-order valence-corrected chi connectivity index (χ2v) is 0. The predicted molar refractivity (Wildman–Crippen MR) is 32.9 cm³/mol. The Morgan fingerprint density at radius 2 is 0.375 bits per heavy atom. The van der Waals surface area contributed by atoms with E-state index >= 15 is 0 Å². The predicted octanol–water partition coefficient (Wildman–Crippen LogP) is 0.147. The van der Waals surface area contributed by atoms with Crippen molar-refractivity contribution in [2.24, 2.45) is 0 Å². The fraction of sp³-hybridized carbons (Fsp3) is 0. The van der Waals surface area contributed by atoms with Crippen LogP contribution in [0.1, 0.15) is 0 Å². The monoisotopic (exact) mass is 302 g/mol. The summed E-state index contributed by atoms with van der Waals surface area (Å²) < 4.78 is 0. The molecule has 4 heteroatoms. The van der Waals surface area contributed by atoms with E-state index in [-0.39, 0.29) is 79.6 Å². The van der Waals surface area contributed by atoms with Crippen LogP contribution in [-0.2, 0) is 39.0 Å². The van der Waals surface area contributed by atoms with Gasteiger partial charge in [-0.2, -0.15) is 0 Å². The molecule has 62 valence electrons. The van der Waals surface area contributed by atoms with E-state index in [0.717, 1.165) is 0 Å². The quantitative estimate of drug-likeness (QED) is 0.452. The van der Waals surface area contributed by atoms with Gasteiger partial charge >= 0.3 is 39.0 Å². The Balaban J connectivity index is 0. The average molecular weight is 302 g/mol. The Bertz CT molecular complexity index is 12.0. The van der Waals surface area contributed by atoms with E-state index in [0.29, 0.717) is 0 Å². The van der Waals surface area contributed by atoms with Crippen molar-refractivity contribution < 1.29 is 49.9 Å². The van der Waals surface area contributed by atoms with Crippen LogP contribution in [0.15, 0.2) is 0 Å². The van der Waals surface area contributed by atoms with Gasteiger partial charge in [-0.15, -0.1) is 0 Å². The van der Waals surface area contributed by atoms with E-state index in [1.165, 1.54) is 0 Å². The number of rotatable bonds is 0. The van der Waals surface area contributed by atoms with Gasteiger partial charge < -0.3 is 40.7 Å². The van der Waals surface area contributed by atoms with Crippen molar-refractivity contribution in [3.8, 4) is 0 Å². The van der Waals surface area contributed by atoms with E-state index in [1.807, 2.05) is 0 Å². The van der Waals surface area contributed by atoms with Crippen molar-refractivity contribution in [3.05, 3.63) is 29.7 Å². The summed E-state index contributed by atoms with van der Waals surface area (Å²) in [5, 5.41) is 0. The molecule has 0 atom stereocenters. The molecular formula is C4H16O2Rh2. The maximum absolute atomic E-state index is 0. The summed E-state index contributed by atoms with van der Waals surface area (Å²) >= 11 is 0. The Kier molecular flexibility index (Phi) is 17300. The van der Waals surface area contributed by atoms with Gasteiger partial charge in [-0.05, 0) is 0 Å². The van der Waals surface area contributed by atoms with Crippen molar-refractivity contribution >= 4 is 0 Å². The van der Waals surface area contributed by atoms with E-state index in [1.54, 1.807) is 0 Å².